The molecule has 0 bridgehead atoms. The summed E-state index contributed by atoms with van der Waals surface area (Å²) in [6.07, 6.45) is 1.71. The van der Waals surface area contributed by atoms with Gasteiger partial charge in [0.2, 0.25) is 0 Å². The first-order valence-corrected chi connectivity index (χ1v) is 7.02. The van der Waals surface area contributed by atoms with Crippen LogP contribution in [0.4, 0.5) is 9.18 Å². The maximum absolute atomic E-state index is 14.4. The van der Waals surface area contributed by atoms with Crippen LogP contribution in [0.1, 0.15) is 24.8 Å². The lowest BCUT2D eigenvalue weighted by molar-refractivity contribution is 0.116. The van der Waals surface area contributed by atoms with Gasteiger partial charge in [-0.05, 0) is 31.4 Å². The Labute approximate surface area is 118 Å². The van der Waals surface area contributed by atoms with E-state index in [9.17, 15) is 9.18 Å². The highest BCUT2D eigenvalue weighted by molar-refractivity contribution is 5.67. The monoisotopic (exact) mass is 280 g/mol. The van der Waals surface area contributed by atoms with E-state index in [4.69, 9.17) is 4.74 Å². The van der Waals surface area contributed by atoms with Crippen LogP contribution in [0, 0.1) is 0 Å². The summed E-state index contributed by atoms with van der Waals surface area (Å²) in [4.78, 5) is 11.6. The number of rotatable bonds is 4. The number of alkyl carbamates (subject to hydrolysis) is 1. The van der Waals surface area contributed by atoms with Crippen molar-refractivity contribution in [2.75, 3.05) is 19.6 Å². The van der Waals surface area contributed by atoms with E-state index in [1.54, 1.807) is 0 Å². The molecule has 1 amide bonds. The van der Waals surface area contributed by atoms with Crippen LogP contribution in [-0.2, 0) is 11.3 Å². The van der Waals surface area contributed by atoms with Crippen molar-refractivity contribution in [3.8, 4) is 0 Å². The van der Waals surface area contributed by atoms with Gasteiger partial charge in [-0.15, -0.1) is 0 Å². The number of hydrogen-bond donors (Lipinski definition) is 2. The molecule has 1 aromatic carbocycles. The Hall–Kier alpha value is -1.62. The van der Waals surface area contributed by atoms with Gasteiger partial charge in [0.25, 0.3) is 0 Å². The zero-order valence-corrected chi connectivity index (χ0v) is 11.5. The molecule has 1 aromatic rings. The molecular weight excluding hydrogens is 259 g/mol. The molecule has 20 heavy (non-hydrogen) atoms. The summed E-state index contributed by atoms with van der Waals surface area (Å²) in [5, 5.41) is 5.57. The fourth-order valence-corrected chi connectivity index (χ4v) is 2.25. The summed E-state index contributed by atoms with van der Waals surface area (Å²) in [5.74, 6) is 0. The Morgan fingerprint density at radius 2 is 2.15 bits per heavy atom. The van der Waals surface area contributed by atoms with Gasteiger partial charge in [-0.25, -0.2) is 9.18 Å². The third-order valence-corrected chi connectivity index (χ3v) is 3.43. The van der Waals surface area contributed by atoms with E-state index in [0.29, 0.717) is 6.42 Å². The highest BCUT2D eigenvalue weighted by atomic mass is 19.1. The summed E-state index contributed by atoms with van der Waals surface area (Å²) < 4.78 is 19.5. The zero-order valence-electron chi connectivity index (χ0n) is 11.5. The average Bonchev–Trinajstić information content (AvgIpc) is 2.69. The number of alkyl halides is 1. The molecule has 0 spiro atoms. The van der Waals surface area contributed by atoms with Crippen LogP contribution in [0.15, 0.2) is 30.3 Å². The highest BCUT2D eigenvalue weighted by Crippen LogP contribution is 2.20. The van der Waals surface area contributed by atoms with E-state index in [0.717, 1.165) is 24.9 Å². The molecule has 1 saturated heterocycles. The third kappa shape index (κ3) is 4.81. The van der Waals surface area contributed by atoms with Crippen LogP contribution in [0.5, 0.6) is 0 Å². The van der Waals surface area contributed by atoms with Crippen LogP contribution < -0.4 is 10.6 Å². The van der Waals surface area contributed by atoms with Crippen molar-refractivity contribution in [1.82, 2.24) is 10.6 Å². The van der Waals surface area contributed by atoms with Crippen molar-refractivity contribution in [3.63, 3.8) is 0 Å². The molecule has 0 unspecified atom stereocenters. The Morgan fingerprint density at radius 3 is 2.95 bits per heavy atom. The summed E-state index contributed by atoms with van der Waals surface area (Å²) >= 11 is 0. The number of benzene rings is 1. The molecule has 2 N–H and O–H groups in total. The SMILES string of the molecule is O=C(NC[C@]1(F)CCCCNC1)OCc1ccccc1. The van der Waals surface area contributed by atoms with Crippen LogP contribution in [0.25, 0.3) is 0 Å². The molecule has 0 radical (unpaired) electrons. The second-order valence-corrected chi connectivity index (χ2v) is 5.20. The Kier molecular flexibility index (Phi) is 5.35. The Bertz CT molecular complexity index is 417. The minimum atomic E-state index is -1.37. The van der Waals surface area contributed by atoms with Crippen molar-refractivity contribution >= 4 is 6.09 Å². The fraction of sp³-hybridized carbons (Fsp3) is 0.533. The standard InChI is InChI=1S/C15H21FN2O2/c16-15(8-4-5-9-17-11-15)12-18-14(19)20-10-13-6-2-1-3-7-13/h1-3,6-7,17H,4-5,8-12H2,(H,18,19)/t15-/m0/s1. The molecule has 5 heteroatoms. The van der Waals surface area contributed by atoms with E-state index in [1.165, 1.54) is 0 Å². The van der Waals surface area contributed by atoms with Gasteiger partial charge in [0.05, 0.1) is 6.54 Å². The number of ether oxygens (including phenoxy) is 1. The number of nitrogens with one attached hydrogen (secondary N) is 2. The van der Waals surface area contributed by atoms with Gasteiger partial charge in [0, 0.05) is 6.54 Å². The molecule has 1 aliphatic rings. The van der Waals surface area contributed by atoms with Gasteiger partial charge in [-0.1, -0.05) is 30.3 Å². The average molecular weight is 280 g/mol. The molecule has 1 aliphatic heterocycles. The predicted octanol–water partition coefficient (Wildman–Crippen LogP) is 2.39. The van der Waals surface area contributed by atoms with E-state index < -0.39 is 11.8 Å². The van der Waals surface area contributed by atoms with Gasteiger partial charge in [0.15, 0.2) is 0 Å². The molecular formula is C15H21FN2O2. The largest absolute Gasteiger partial charge is 0.445 e. The molecule has 0 aliphatic carbocycles. The number of amides is 1. The van der Waals surface area contributed by atoms with Gasteiger partial charge in [-0.3, -0.25) is 0 Å². The number of carbonyl (C=O) groups excluding carboxylic acids is 1. The van der Waals surface area contributed by atoms with E-state index >= 15 is 0 Å². The van der Waals surface area contributed by atoms with Crippen molar-refractivity contribution in [2.45, 2.75) is 31.5 Å². The van der Waals surface area contributed by atoms with Crippen LogP contribution in [0.2, 0.25) is 0 Å². The zero-order chi connectivity index (χ0) is 14.3. The summed E-state index contributed by atoms with van der Waals surface area (Å²) in [6.45, 7) is 1.31. The normalized spacial score (nSPS) is 22.9. The highest BCUT2D eigenvalue weighted by Gasteiger charge is 2.31. The molecule has 110 valence electrons. The molecule has 0 saturated carbocycles. The van der Waals surface area contributed by atoms with Crippen molar-refractivity contribution in [1.29, 1.82) is 0 Å². The van der Waals surface area contributed by atoms with Gasteiger partial charge >= 0.3 is 6.09 Å². The molecule has 0 aromatic heterocycles. The van der Waals surface area contributed by atoms with E-state index in [1.807, 2.05) is 30.3 Å². The molecule has 2 rings (SSSR count). The molecule has 1 heterocycles. The Morgan fingerprint density at radius 1 is 1.35 bits per heavy atom. The van der Waals surface area contributed by atoms with E-state index in [-0.39, 0.29) is 19.7 Å². The maximum atomic E-state index is 14.4. The topological polar surface area (TPSA) is 50.4 Å². The van der Waals surface area contributed by atoms with Crippen LogP contribution in [-0.4, -0.2) is 31.4 Å². The lowest BCUT2D eigenvalue weighted by Crippen LogP contribution is -2.45. The summed E-state index contributed by atoms with van der Waals surface area (Å²) in [7, 11) is 0. The predicted molar refractivity (Wildman–Crippen MR) is 75.2 cm³/mol. The van der Waals surface area contributed by atoms with Crippen molar-refractivity contribution in [2.24, 2.45) is 0 Å². The summed E-state index contributed by atoms with van der Waals surface area (Å²) in [6, 6.07) is 9.41. The summed E-state index contributed by atoms with van der Waals surface area (Å²) in [5.41, 5.74) is -0.462. The molecule has 1 atom stereocenters. The Balaban J connectivity index is 1.71. The van der Waals surface area contributed by atoms with Gasteiger partial charge < -0.3 is 15.4 Å². The first kappa shape index (κ1) is 14.8. The first-order chi connectivity index (χ1) is 9.68. The molecule has 1 fully saturated rings. The second-order valence-electron chi connectivity index (χ2n) is 5.20. The smallest absolute Gasteiger partial charge is 0.407 e. The van der Waals surface area contributed by atoms with E-state index in [2.05, 4.69) is 10.6 Å². The third-order valence-electron chi connectivity index (χ3n) is 3.43. The number of carbonyl (C=O) groups is 1. The van der Waals surface area contributed by atoms with Gasteiger partial charge in [-0.2, -0.15) is 0 Å². The van der Waals surface area contributed by atoms with Crippen LogP contribution >= 0.6 is 0 Å². The quantitative estimate of drug-likeness (QED) is 0.890. The fourth-order valence-electron chi connectivity index (χ4n) is 2.25. The number of hydrogen-bond acceptors (Lipinski definition) is 3. The lowest BCUT2D eigenvalue weighted by Gasteiger charge is -2.23. The lowest BCUT2D eigenvalue weighted by atomic mass is 10.0. The number of halogens is 1. The maximum Gasteiger partial charge on any atom is 0.407 e. The minimum Gasteiger partial charge on any atom is -0.445 e. The minimum absolute atomic E-state index is 0.00633. The first-order valence-electron chi connectivity index (χ1n) is 7.02. The van der Waals surface area contributed by atoms with Crippen molar-refractivity contribution in [3.05, 3.63) is 35.9 Å². The molecule has 4 nitrogen and oxygen atoms in total. The second kappa shape index (κ2) is 7.24. The van der Waals surface area contributed by atoms with Crippen molar-refractivity contribution < 1.29 is 13.9 Å². The van der Waals surface area contributed by atoms with Gasteiger partial charge in [0.1, 0.15) is 12.3 Å². The van der Waals surface area contributed by atoms with Crippen LogP contribution in [0.3, 0.4) is 0 Å².